The van der Waals surface area contributed by atoms with Gasteiger partial charge in [0.2, 0.25) is 5.28 Å². The first-order chi connectivity index (χ1) is 10.6. The Balaban J connectivity index is 1.57. The summed E-state index contributed by atoms with van der Waals surface area (Å²) in [6.45, 7) is 2.10. The average molecular weight is 324 g/mol. The van der Waals surface area contributed by atoms with Crippen LogP contribution in [0.4, 0.5) is 10.5 Å². The number of pyridine rings is 1. The van der Waals surface area contributed by atoms with Crippen molar-refractivity contribution in [3.8, 4) is 0 Å². The minimum Gasteiger partial charge on any atom is -0.465 e. The highest BCUT2D eigenvalue weighted by atomic mass is 35.5. The minimum absolute atomic E-state index is 0.112. The molecule has 2 aliphatic rings. The Bertz CT molecular complexity index is 722. The van der Waals surface area contributed by atoms with Crippen molar-refractivity contribution in [1.29, 1.82) is 0 Å². The Hall–Kier alpha value is -2.06. The zero-order valence-electron chi connectivity index (χ0n) is 11.6. The summed E-state index contributed by atoms with van der Waals surface area (Å²) in [5.74, 6) is 0. The van der Waals surface area contributed by atoms with Crippen LogP contribution in [0.25, 0.3) is 5.65 Å². The average Bonchev–Trinajstić information content (AvgIpc) is 2.85. The van der Waals surface area contributed by atoms with Gasteiger partial charge in [0.05, 0.1) is 37.2 Å². The fourth-order valence-electron chi connectivity index (χ4n) is 3.09. The molecule has 0 saturated carbocycles. The molecule has 4 rings (SSSR count). The van der Waals surface area contributed by atoms with Crippen molar-refractivity contribution >= 4 is 29.0 Å². The Labute approximate surface area is 130 Å². The molecule has 0 aliphatic carbocycles. The number of aromatic nitrogens is 3. The van der Waals surface area contributed by atoms with Crippen molar-refractivity contribution < 1.29 is 14.6 Å². The van der Waals surface area contributed by atoms with E-state index in [1.807, 2.05) is 18.3 Å². The van der Waals surface area contributed by atoms with Crippen LogP contribution in [0.15, 0.2) is 18.3 Å². The molecule has 8 nitrogen and oxygen atoms in total. The van der Waals surface area contributed by atoms with Crippen LogP contribution in [0, 0.1) is 0 Å². The van der Waals surface area contributed by atoms with Crippen LogP contribution in [0.3, 0.4) is 0 Å². The number of halogens is 1. The Kier molecular flexibility index (Phi) is 3.08. The second kappa shape index (κ2) is 4.99. The molecule has 2 unspecified atom stereocenters. The Morgan fingerprint density at radius 2 is 2.00 bits per heavy atom. The first-order valence-electron chi connectivity index (χ1n) is 6.99. The molecule has 2 aromatic rings. The van der Waals surface area contributed by atoms with Crippen LogP contribution >= 0.6 is 11.6 Å². The van der Waals surface area contributed by atoms with Crippen molar-refractivity contribution in [3.05, 3.63) is 23.6 Å². The smallest absolute Gasteiger partial charge is 0.407 e. The summed E-state index contributed by atoms with van der Waals surface area (Å²) < 4.78 is 7.49. The van der Waals surface area contributed by atoms with E-state index >= 15 is 0 Å². The van der Waals surface area contributed by atoms with E-state index in [2.05, 4.69) is 15.0 Å². The summed E-state index contributed by atoms with van der Waals surface area (Å²) >= 11 is 5.81. The molecule has 22 heavy (non-hydrogen) atoms. The van der Waals surface area contributed by atoms with Gasteiger partial charge in [-0.2, -0.15) is 4.98 Å². The number of amides is 1. The zero-order valence-corrected chi connectivity index (χ0v) is 12.3. The molecule has 2 fully saturated rings. The van der Waals surface area contributed by atoms with Gasteiger partial charge in [0.25, 0.3) is 0 Å². The highest BCUT2D eigenvalue weighted by Gasteiger charge is 2.36. The fraction of sp³-hybridized carbons (Fsp3) is 0.462. The number of hydrogen-bond acceptors (Lipinski definition) is 5. The summed E-state index contributed by atoms with van der Waals surface area (Å²) in [5, 5.41) is 13.4. The topological polar surface area (TPSA) is 83.2 Å². The van der Waals surface area contributed by atoms with Crippen molar-refractivity contribution in [2.75, 3.05) is 31.1 Å². The second-order valence-corrected chi connectivity index (χ2v) is 5.88. The molecule has 2 atom stereocenters. The molecule has 0 radical (unpaired) electrons. The third kappa shape index (κ3) is 2.34. The van der Waals surface area contributed by atoms with E-state index in [-0.39, 0.29) is 17.5 Å². The van der Waals surface area contributed by atoms with Crippen LogP contribution in [-0.2, 0) is 4.74 Å². The maximum Gasteiger partial charge on any atom is 0.407 e. The number of ether oxygens (including phenoxy) is 1. The first kappa shape index (κ1) is 13.6. The summed E-state index contributed by atoms with van der Waals surface area (Å²) in [6.07, 6.45) is 0.771. The number of carbonyl (C=O) groups is 1. The molecule has 0 spiro atoms. The van der Waals surface area contributed by atoms with Gasteiger partial charge in [-0.1, -0.05) is 0 Å². The van der Waals surface area contributed by atoms with E-state index in [4.69, 9.17) is 21.4 Å². The van der Waals surface area contributed by atoms with Crippen molar-refractivity contribution in [3.63, 3.8) is 0 Å². The zero-order chi connectivity index (χ0) is 15.3. The summed E-state index contributed by atoms with van der Waals surface area (Å²) in [4.78, 5) is 18.8. The number of rotatable bonds is 1. The predicted octanol–water partition coefficient (Wildman–Crippen LogP) is 0.950. The van der Waals surface area contributed by atoms with Gasteiger partial charge >= 0.3 is 6.09 Å². The van der Waals surface area contributed by atoms with Gasteiger partial charge in [-0.25, -0.2) is 9.31 Å². The number of fused-ring (bicyclic) bond motifs is 3. The van der Waals surface area contributed by atoms with Crippen LogP contribution in [0.1, 0.15) is 0 Å². The summed E-state index contributed by atoms with van der Waals surface area (Å²) in [7, 11) is 0. The Morgan fingerprint density at radius 1 is 1.27 bits per heavy atom. The van der Waals surface area contributed by atoms with Gasteiger partial charge in [0, 0.05) is 13.1 Å². The molecule has 1 amide bonds. The van der Waals surface area contributed by atoms with Gasteiger partial charge in [-0.15, -0.1) is 5.10 Å². The number of morpholine rings is 2. The molecule has 2 aliphatic heterocycles. The number of nitrogens with zero attached hydrogens (tertiary/aromatic N) is 5. The van der Waals surface area contributed by atoms with Crippen molar-refractivity contribution in [2.45, 2.75) is 12.2 Å². The molecular formula is C13H14ClN5O3. The number of anilines is 1. The fourth-order valence-corrected chi connectivity index (χ4v) is 3.26. The van der Waals surface area contributed by atoms with Crippen LogP contribution in [0.2, 0.25) is 5.28 Å². The molecule has 1 N–H and O–H groups in total. The maximum absolute atomic E-state index is 11.1. The monoisotopic (exact) mass is 323 g/mol. The van der Waals surface area contributed by atoms with Gasteiger partial charge in [0.1, 0.15) is 0 Å². The molecule has 116 valence electrons. The van der Waals surface area contributed by atoms with E-state index in [9.17, 15) is 4.79 Å². The van der Waals surface area contributed by atoms with E-state index < -0.39 is 6.09 Å². The predicted molar refractivity (Wildman–Crippen MR) is 78.5 cm³/mol. The minimum atomic E-state index is -0.884. The highest BCUT2D eigenvalue weighted by molar-refractivity contribution is 6.28. The molecule has 0 aromatic carbocycles. The largest absolute Gasteiger partial charge is 0.465 e. The third-order valence-electron chi connectivity index (χ3n) is 4.01. The van der Waals surface area contributed by atoms with Gasteiger partial charge in [-0.3, -0.25) is 0 Å². The van der Waals surface area contributed by atoms with Crippen LogP contribution in [-0.4, -0.2) is 69.1 Å². The molecule has 2 bridgehead atoms. The lowest BCUT2D eigenvalue weighted by Gasteiger charge is -2.45. The lowest BCUT2D eigenvalue weighted by molar-refractivity contribution is -0.0865. The van der Waals surface area contributed by atoms with Crippen LogP contribution in [0.5, 0.6) is 0 Å². The van der Waals surface area contributed by atoms with Gasteiger partial charge in [0.15, 0.2) is 5.65 Å². The lowest BCUT2D eigenvalue weighted by Crippen LogP contribution is -2.60. The van der Waals surface area contributed by atoms with Crippen LogP contribution < -0.4 is 4.90 Å². The third-order valence-corrected chi connectivity index (χ3v) is 4.17. The standard InChI is InChI=1S/C13H14ClN5O3/c14-12-15-11-2-1-8(3-19(11)16-12)17-4-9-6-18(13(20)21)7-10(5-17)22-9/h1-3,9-10H,4-7H2,(H,20,21). The normalized spacial score (nSPS) is 24.8. The molecule has 2 aromatic heterocycles. The summed E-state index contributed by atoms with van der Waals surface area (Å²) in [6, 6.07) is 3.83. The van der Waals surface area contributed by atoms with E-state index in [0.717, 1.165) is 5.69 Å². The van der Waals surface area contributed by atoms with Gasteiger partial charge in [-0.05, 0) is 23.7 Å². The first-order valence-corrected chi connectivity index (χ1v) is 7.36. The van der Waals surface area contributed by atoms with Crippen molar-refractivity contribution in [1.82, 2.24) is 19.5 Å². The summed E-state index contributed by atoms with van der Waals surface area (Å²) in [5.41, 5.74) is 1.69. The molecule has 4 heterocycles. The highest BCUT2D eigenvalue weighted by Crippen LogP contribution is 2.24. The van der Waals surface area contributed by atoms with E-state index in [0.29, 0.717) is 31.8 Å². The second-order valence-electron chi connectivity index (χ2n) is 5.54. The van der Waals surface area contributed by atoms with Crippen molar-refractivity contribution in [2.24, 2.45) is 0 Å². The van der Waals surface area contributed by atoms with Gasteiger partial charge < -0.3 is 19.6 Å². The molecule has 2 saturated heterocycles. The SMILES string of the molecule is O=C(O)N1CC2CN(c3ccc4nc(Cl)nn4c3)CC(C1)O2. The number of hydrogen-bond donors (Lipinski definition) is 1. The molecular weight excluding hydrogens is 310 g/mol. The maximum atomic E-state index is 11.1. The lowest BCUT2D eigenvalue weighted by atomic mass is 10.1. The number of carboxylic acid groups (broad SMARTS) is 1. The quantitative estimate of drug-likeness (QED) is 0.841. The molecule has 9 heteroatoms. The van der Waals surface area contributed by atoms with E-state index in [1.54, 1.807) is 4.52 Å². The van der Waals surface area contributed by atoms with E-state index in [1.165, 1.54) is 4.90 Å². The Morgan fingerprint density at radius 3 is 2.68 bits per heavy atom.